The van der Waals surface area contributed by atoms with Gasteiger partial charge in [-0.25, -0.2) is 22.2 Å². The highest BCUT2D eigenvalue weighted by Crippen LogP contribution is 2.31. The number of hydrogen-bond acceptors (Lipinski definition) is 6. The predicted molar refractivity (Wildman–Crippen MR) is 140 cm³/mol. The van der Waals surface area contributed by atoms with Gasteiger partial charge in [-0.15, -0.1) is 0 Å². The van der Waals surface area contributed by atoms with E-state index in [0.717, 1.165) is 4.90 Å². The first kappa shape index (κ1) is 27.2. The molecule has 3 aromatic rings. The standard InChI is InChI=1S/C26H23ClF2N4O4S/c27-21-13-20(18-3-5-19(6-4-18)25(35)33-15-26(28,29)16-33)7-8-22(21)38(36,37)12-11-31-24(34)10-2-17-1-9-23(30)32-14-17/h1-10,13-14H,11-12,15-16H2,(H2,30,32)(H,31,34). The Hall–Kier alpha value is -3.83. The summed E-state index contributed by atoms with van der Waals surface area (Å²) in [7, 11) is -3.80. The number of hydrogen-bond donors (Lipinski definition) is 2. The number of halogens is 3. The Balaban J connectivity index is 1.35. The molecule has 0 spiro atoms. The summed E-state index contributed by atoms with van der Waals surface area (Å²) >= 11 is 6.29. The number of nitrogens with two attached hydrogens (primary N) is 1. The monoisotopic (exact) mass is 560 g/mol. The third kappa shape index (κ3) is 6.53. The first-order valence-corrected chi connectivity index (χ1v) is 13.4. The van der Waals surface area contributed by atoms with Gasteiger partial charge in [-0.2, -0.15) is 0 Å². The van der Waals surface area contributed by atoms with Crippen LogP contribution in [0.1, 0.15) is 15.9 Å². The summed E-state index contributed by atoms with van der Waals surface area (Å²) in [6.07, 6.45) is 4.29. The fourth-order valence-corrected chi connectivity index (χ4v) is 5.50. The number of carbonyl (C=O) groups is 2. The predicted octanol–water partition coefficient (Wildman–Crippen LogP) is 3.68. The van der Waals surface area contributed by atoms with E-state index in [1.165, 1.54) is 42.6 Å². The van der Waals surface area contributed by atoms with E-state index in [0.29, 0.717) is 22.5 Å². The van der Waals surface area contributed by atoms with Crippen molar-refractivity contribution in [3.05, 3.63) is 83.0 Å². The van der Waals surface area contributed by atoms with E-state index < -0.39 is 40.7 Å². The Kier molecular flexibility index (Phi) is 7.79. The first-order chi connectivity index (χ1) is 17.9. The number of nitrogens with zero attached hydrogens (tertiary/aromatic N) is 2. The third-order valence-corrected chi connectivity index (χ3v) is 7.96. The molecule has 0 unspecified atom stereocenters. The quantitative estimate of drug-likeness (QED) is 0.405. The largest absolute Gasteiger partial charge is 0.384 e. The van der Waals surface area contributed by atoms with Gasteiger partial charge in [-0.05, 0) is 59.2 Å². The molecule has 2 heterocycles. The summed E-state index contributed by atoms with van der Waals surface area (Å²) in [5.41, 5.74) is 7.72. The van der Waals surface area contributed by atoms with Crippen LogP contribution in [0, 0.1) is 0 Å². The molecule has 198 valence electrons. The van der Waals surface area contributed by atoms with Crippen LogP contribution in [0.5, 0.6) is 0 Å². The van der Waals surface area contributed by atoms with Crippen LogP contribution in [0.15, 0.2) is 71.8 Å². The zero-order valence-electron chi connectivity index (χ0n) is 19.9. The number of sulfone groups is 1. The zero-order valence-corrected chi connectivity index (χ0v) is 21.5. The number of carbonyl (C=O) groups excluding carboxylic acids is 2. The average molecular weight is 561 g/mol. The molecule has 4 rings (SSSR count). The molecule has 1 aliphatic rings. The number of anilines is 1. The first-order valence-electron chi connectivity index (χ1n) is 11.4. The number of nitrogens with one attached hydrogen (secondary N) is 1. The van der Waals surface area contributed by atoms with Gasteiger partial charge in [-0.1, -0.05) is 29.8 Å². The number of alkyl halides is 2. The Morgan fingerprint density at radius 3 is 2.37 bits per heavy atom. The second-order valence-corrected chi connectivity index (χ2v) is 11.2. The number of aromatic nitrogens is 1. The minimum absolute atomic E-state index is 0.00698. The molecule has 1 fully saturated rings. The number of nitrogen functional groups attached to an aromatic ring is 1. The molecule has 2 amide bonds. The van der Waals surface area contributed by atoms with Crippen LogP contribution in [-0.4, -0.2) is 61.4 Å². The SMILES string of the molecule is Nc1ccc(C=CC(=O)NCCS(=O)(=O)c2ccc(-c3ccc(C(=O)N4CC(F)(F)C4)cc3)cc2Cl)cn1. The van der Waals surface area contributed by atoms with Crippen LogP contribution in [-0.2, 0) is 14.6 Å². The molecule has 1 aliphatic heterocycles. The topological polar surface area (TPSA) is 122 Å². The van der Waals surface area contributed by atoms with Crippen molar-refractivity contribution in [3.8, 4) is 11.1 Å². The van der Waals surface area contributed by atoms with E-state index in [1.54, 1.807) is 30.3 Å². The average Bonchev–Trinajstić information content (AvgIpc) is 2.86. The molecular formula is C26H23ClF2N4O4S. The van der Waals surface area contributed by atoms with Gasteiger partial charge in [0, 0.05) is 24.4 Å². The van der Waals surface area contributed by atoms with Gasteiger partial charge in [0.1, 0.15) is 5.82 Å². The molecule has 0 bridgehead atoms. The number of benzene rings is 2. The number of amides is 2. The minimum atomic E-state index is -3.80. The molecule has 2 aromatic carbocycles. The lowest BCUT2D eigenvalue weighted by atomic mass is 10.0. The lowest BCUT2D eigenvalue weighted by Crippen LogP contribution is -2.58. The maximum absolute atomic E-state index is 13.0. The molecule has 0 radical (unpaired) electrons. The van der Waals surface area contributed by atoms with Gasteiger partial charge in [0.25, 0.3) is 11.8 Å². The van der Waals surface area contributed by atoms with Gasteiger partial charge in [0.15, 0.2) is 9.84 Å². The van der Waals surface area contributed by atoms with Crippen LogP contribution in [0.3, 0.4) is 0 Å². The van der Waals surface area contributed by atoms with E-state index in [9.17, 15) is 26.8 Å². The second kappa shape index (κ2) is 10.9. The summed E-state index contributed by atoms with van der Waals surface area (Å²) in [6, 6.07) is 14.0. The minimum Gasteiger partial charge on any atom is -0.384 e. The van der Waals surface area contributed by atoms with E-state index in [1.807, 2.05) is 0 Å². The normalized spacial score (nSPS) is 14.8. The van der Waals surface area contributed by atoms with E-state index in [4.69, 9.17) is 17.3 Å². The van der Waals surface area contributed by atoms with Crippen molar-refractivity contribution < 1.29 is 26.8 Å². The Bertz CT molecular complexity index is 1490. The van der Waals surface area contributed by atoms with Crippen molar-refractivity contribution in [2.24, 2.45) is 0 Å². The molecular weight excluding hydrogens is 538 g/mol. The van der Waals surface area contributed by atoms with Gasteiger partial charge < -0.3 is 16.0 Å². The Labute approximate surface area is 223 Å². The smallest absolute Gasteiger partial charge is 0.282 e. The number of rotatable bonds is 8. The molecule has 8 nitrogen and oxygen atoms in total. The second-order valence-electron chi connectivity index (χ2n) is 8.70. The van der Waals surface area contributed by atoms with Crippen LogP contribution >= 0.6 is 11.6 Å². The molecule has 1 aromatic heterocycles. The van der Waals surface area contributed by atoms with E-state index in [2.05, 4.69) is 10.3 Å². The van der Waals surface area contributed by atoms with Crippen LogP contribution < -0.4 is 11.1 Å². The van der Waals surface area contributed by atoms with Crippen molar-refractivity contribution in [1.82, 2.24) is 15.2 Å². The van der Waals surface area contributed by atoms with Gasteiger partial charge in [0.2, 0.25) is 5.91 Å². The molecule has 1 saturated heterocycles. The highest BCUT2D eigenvalue weighted by atomic mass is 35.5. The molecule has 0 aliphatic carbocycles. The highest BCUT2D eigenvalue weighted by molar-refractivity contribution is 7.91. The summed E-state index contributed by atoms with van der Waals surface area (Å²) in [4.78, 5) is 29.2. The third-order valence-electron chi connectivity index (χ3n) is 5.77. The molecule has 38 heavy (non-hydrogen) atoms. The van der Waals surface area contributed by atoms with Crippen molar-refractivity contribution >= 4 is 45.1 Å². The van der Waals surface area contributed by atoms with E-state index >= 15 is 0 Å². The lowest BCUT2D eigenvalue weighted by molar-refractivity contribution is -0.116. The summed E-state index contributed by atoms with van der Waals surface area (Å²) in [6.45, 7) is -1.32. The Morgan fingerprint density at radius 1 is 1.08 bits per heavy atom. The van der Waals surface area contributed by atoms with Crippen molar-refractivity contribution in [1.29, 1.82) is 0 Å². The van der Waals surface area contributed by atoms with Crippen molar-refractivity contribution in [3.63, 3.8) is 0 Å². The van der Waals surface area contributed by atoms with Gasteiger partial charge in [-0.3, -0.25) is 9.59 Å². The maximum atomic E-state index is 13.0. The summed E-state index contributed by atoms with van der Waals surface area (Å²) in [5.74, 6) is -3.79. The Morgan fingerprint density at radius 2 is 1.76 bits per heavy atom. The molecule has 12 heteroatoms. The number of pyridine rings is 1. The molecule has 3 N–H and O–H groups in total. The fourth-order valence-electron chi connectivity index (χ4n) is 3.74. The zero-order chi connectivity index (χ0) is 27.5. The lowest BCUT2D eigenvalue weighted by Gasteiger charge is -2.38. The number of likely N-dealkylation sites (tertiary alicyclic amines) is 1. The van der Waals surface area contributed by atoms with Crippen LogP contribution in [0.25, 0.3) is 17.2 Å². The van der Waals surface area contributed by atoms with E-state index in [-0.39, 0.29) is 27.8 Å². The van der Waals surface area contributed by atoms with Gasteiger partial charge in [0.05, 0.1) is 28.8 Å². The van der Waals surface area contributed by atoms with Crippen LogP contribution in [0.4, 0.5) is 14.6 Å². The van der Waals surface area contributed by atoms with Crippen molar-refractivity contribution in [2.45, 2.75) is 10.8 Å². The maximum Gasteiger partial charge on any atom is 0.282 e. The summed E-state index contributed by atoms with van der Waals surface area (Å²) in [5, 5.41) is 2.52. The van der Waals surface area contributed by atoms with Crippen molar-refractivity contribution in [2.75, 3.05) is 31.1 Å². The van der Waals surface area contributed by atoms with Crippen LogP contribution in [0.2, 0.25) is 5.02 Å². The fraction of sp³-hybridized carbons (Fsp3) is 0.192. The highest BCUT2D eigenvalue weighted by Gasteiger charge is 2.46. The summed E-state index contributed by atoms with van der Waals surface area (Å²) < 4.78 is 51.6. The molecule has 0 saturated carbocycles. The molecule has 0 atom stereocenters. The van der Waals surface area contributed by atoms with Gasteiger partial charge >= 0.3 is 0 Å².